The lowest BCUT2D eigenvalue weighted by Gasteiger charge is -2.27. The zero-order valence-corrected chi connectivity index (χ0v) is 21.7. The van der Waals surface area contributed by atoms with Gasteiger partial charge < -0.3 is 19.7 Å². The average Bonchev–Trinajstić information content (AvgIpc) is 2.75. The van der Waals surface area contributed by atoms with Crippen molar-refractivity contribution in [2.24, 2.45) is 0 Å². The van der Waals surface area contributed by atoms with Gasteiger partial charge in [0.05, 0.1) is 31.8 Å². The van der Waals surface area contributed by atoms with Crippen molar-refractivity contribution in [2.45, 2.75) is 13.8 Å². The van der Waals surface area contributed by atoms with Gasteiger partial charge in [-0.2, -0.15) is 0 Å². The number of rotatable bonds is 1. The Bertz CT molecular complexity index is 698. The van der Waals surface area contributed by atoms with Gasteiger partial charge in [-0.15, -0.1) is 23.2 Å². The van der Waals surface area contributed by atoms with E-state index in [1.165, 1.54) is 6.07 Å². The van der Waals surface area contributed by atoms with Crippen LogP contribution in [0.25, 0.3) is 0 Å². The topological polar surface area (TPSA) is 85.3 Å². The van der Waals surface area contributed by atoms with Crippen LogP contribution in [0.4, 0.5) is 5.82 Å². The minimum Gasteiger partial charge on any atom is -0.379 e. The van der Waals surface area contributed by atoms with Crippen LogP contribution in [0, 0.1) is 13.8 Å². The normalized spacial score (nSPS) is 15.3. The van der Waals surface area contributed by atoms with Gasteiger partial charge in [0.2, 0.25) is 0 Å². The number of alkyl halides is 2. The van der Waals surface area contributed by atoms with Gasteiger partial charge in [-0.25, -0.2) is 19.9 Å². The van der Waals surface area contributed by atoms with Crippen LogP contribution in [-0.4, -0.2) is 77.9 Å². The number of hydrogen-bond acceptors (Lipinski definition) is 8. The van der Waals surface area contributed by atoms with E-state index in [0.717, 1.165) is 58.4 Å². The third-order valence-electron chi connectivity index (χ3n) is 3.75. The molecule has 0 radical (unpaired) electrons. The number of ether oxygens (including phenoxy) is 2. The number of nitrogens with zero attached hydrogens (tertiary/aromatic N) is 5. The smallest absolute Gasteiger partial charge is 0.134 e. The Morgan fingerprint density at radius 2 is 1.22 bits per heavy atom. The number of aromatic nitrogens is 4. The van der Waals surface area contributed by atoms with Gasteiger partial charge in [0.1, 0.15) is 32.9 Å². The Morgan fingerprint density at radius 3 is 1.59 bits per heavy atom. The molecule has 0 aliphatic carbocycles. The monoisotopic (exact) mass is 546 g/mol. The second-order valence-electron chi connectivity index (χ2n) is 6.22. The molecule has 8 nitrogen and oxygen atoms in total. The predicted octanol–water partition coefficient (Wildman–Crippen LogP) is 4.39. The van der Waals surface area contributed by atoms with Crippen LogP contribution in [0.3, 0.4) is 0 Å². The number of hydrogen-bond donors (Lipinski definition) is 1. The minimum atomic E-state index is 0.194. The highest BCUT2D eigenvalue weighted by molar-refractivity contribution is 6.40. The molecule has 2 aliphatic rings. The Labute approximate surface area is 213 Å². The van der Waals surface area contributed by atoms with E-state index in [1.807, 2.05) is 6.92 Å². The van der Waals surface area contributed by atoms with Crippen molar-refractivity contribution in [3.05, 3.63) is 39.2 Å². The lowest BCUT2D eigenvalue weighted by Crippen LogP contribution is -2.36. The Morgan fingerprint density at radius 1 is 0.781 bits per heavy atom. The van der Waals surface area contributed by atoms with Crippen molar-refractivity contribution < 1.29 is 9.47 Å². The minimum absolute atomic E-state index is 0.194. The molecule has 2 saturated heterocycles. The lowest BCUT2D eigenvalue weighted by atomic mass is 10.4. The molecule has 2 aromatic rings. The van der Waals surface area contributed by atoms with E-state index in [-0.39, 0.29) is 5.34 Å². The summed E-state index contributed by atoms with van der Waals surface area (Å²) in [6, 6.07) is 3.29. The number of halogens is 5. The van der Waals surface area contributed by atoms with Crippen LogP contribution in [0.2, 0.25) is 15.5 Å². The van der Waals surface area contributed by atoms with Crippen LogP contribution in [0.1, 0.15) is 11.6 Å². The van der Waals surface area contributed by atoms with Gasteiger partial charge in [-0.3, -0.25) is 0 Å². The van der Waals surface area contributed by atoms with Gasteiger partial charge in [-0.1, -0.05) is 34.8 Å². The fourth-order valence-electron chi connectivity index (χ4n) is 2.48. The standard InChI is InChI=1S/C9H12ClN3O.C5H4Cl2N2.C4H9NO.CH2Cl2/c1-7-11-8(10)6-9(12-7)13-2-4-14-5-3-13;1-3-8-4(6)2-5(7)9-3;1-3-6-4-2-5-1;2-1-3/h6H,2-5H2,1H3;2H,1H3;5H,1-4H2;1H2. The van der Waals surface area contributed by atoms with E-state index < -0.39 is 0 Å². The average molecular weight is 549 g/mol. The molecule has 2 aromatic heterocycles. The quantitative estimate of drug-likeness (QED) is 0.415. The third kappa shape index (κ3) is 13.7. The molecular formula is C19H27Cl5N6O2. The molecule has 0 spiro atoms. The number of nitrogens with one attached hydrogen (secondary N) is 1. The molecule has 0 saturated carbocycles. The van der Waals surface area contributed by atoms with E-state index in [9.17, 15) is 0 Å². The second-order valence-corrected chi connectivity index (χ2v) is 8.19. The van der Waals surface area contributed by atoms with Gasteiger partial charge in [0, 0.05) is 38.3 Å². The van der Waals surface area contributed by atoms with Crippen molar-refractivity contribution in [3.8, 4) is 0 Å². The number of aryl methyl sites for hydroxylation is 2. The maximum absolute atomic E-state index is 5.86. The second kappa shape index (κ2) is 17.7. The fourth-order valence-corrected chi connectivity index (χ4v) is 3.21. The molecule has 180 valence electrons. The summed E-state index contributed by atoms with van der Waals surface area (Å²) in [5, 5.41) is 4.62. The summed E-state index contributed by atoms with van der Waals surface area (Å²) in [5.41, 5.74) is 0. The van der Waals surface area contributed by atoms with Gasteiger partial charge >= 0.3 is 0 Å². The molecule has 2 aliphatic heterocycles. The SMILES string of the molecule is C1COCCN1.Cc1nc(Cl)cc(Cl)n1.Cc1nc(Cl)cc(N2CCOCC2)n1.ClCCl. The summed E-state index contributed by atoms with van der Waals surface area (Å²) in [5.74, 6) is 2.19. The number of morpholine rings is 2. The van der Waals surface area contributed by atoms with Crippen molar-refractivity contribution in [3.63, 3.8) is 0 Å². The van der Waals surface area contributed by atoms with Gasteiger partial charge in [-0.05, 0) is 13.8 Å². The van der Waals surface area contributed by atoms with Gasteiger partial charge in [0.25, 0.3) is 0 Å². The summed E-state index contributed by atoms with van der Waals surface area (Å²) in [4.78, 5) is 18.1. The van der Waals surface area contributed by atoms with Crippen molar-refractivity contribution in [1.29, 1.82) is 0 Å². The molecule has 0 amide bonds. The highest BCUT2D eigenvalue weighted by atomic mass is 35.5. The maximum atomic E-state index is 5.86. The highest BCUT2D eigenvalue weighted by Gasteiger charge is 2.13. The van der Waals surface area contributed by atoms with Crippen LogP contribution in [0.15, 0.2) is 12.1 Å². The molecule has 32 heavy (non-hydrogen) atoms. The molecule has 2 fully saturated rings. The molecule has 0 aromatic carbocycles. The Kier molecular flexibility index (Phi) is 16.2. The van der Waals surface area contributed by atoms with Crippen LogP contribution >= 0.6 is 58.0 Å². The Hall–Kier alpha value is -0.710. The zero-order valence-electron chi connectivity index (χ0n) is 18.0. The first-order valence-electron chi connectivity index (χ1n) is 9.76. The van der Waals surface area contributed by atoms with Crippen molar-refractivity contribution in [2.75, 3.05) is 62.8 Å². The molecule has 0 bridgehead atoms. The van der Waals surface area contributed by atoms with Crippen LogP contribution in [0.5, 0.6) is 0 Å². The summed E-state index contributed by atoms with van der Waals surface area (Å²) in [6.45, 7) is 10.6. The van der Waals surface area contributed by atoms with Crippen LogP contribution < -0.4 is 10.2 Å². The fraction of sp³-hybridized carbons (Fsp3) is 0.579. The van der Waals surface area contributed by atoms with Gasteiger partial charge in [0.15, 0.2) is 0 Å². The van der Waals surface area contributed by atoms with E-state index in [0.29, 0.717) is 27.1 Å². The molecule has 4 heterocycles. The van der Waals surface area contributed by atoms with E-state index in [4.69, 9.17) is 67.5 Å². The molecule has 1 N–H and O–H groups in total. The van der Waals surface area contributed by atoms with Crippen LogP contribution in [-0.2, 0) is 9.47 Å². The Balaban J connectivity index is 0.000000244. The molecular weight excluding hydrogens is 522 g/mol. The summed E-state index contributed by atoms with van der Waals surface area (Å²) >= 11 is 26.4. The molecule has 13 heteroatoms. The third-order valence-corrected chi connectivity index (χ3v) is 4.33. The first-order chi connectivity index (χ1) is 15.3. The predicted molar refractivity (Wildman–Crippen MR) is 132 cm³/mol. The molecule has 4 rings (SSSR count). The maximum Gasteiger partial charge on any atom is 0.134 e. The first kappa shape index (κ1) is 29.3. The van der Waals surface area contributed by atoms with E-state index in [1.54, 1.807) is 13.0 Å². The van der Waals surface area contributed by atoms with E-state index in [2.05, 4.69) is 30.2 Å². The summed E-state index contributed by atoms with van der Waals surface area (Å²) in [6.07, 6.45) is 0. The molecule has 0 atom stereocenters. The first-order valence-corrected chi connectivity index (χ1v) is 12.0. The highest BCUT2D eigenvalue weighted by Crippen LogP contribution is 2.16. The largest absolute Gasteiger partial charge is 0.379 e. The lowest BCUT2D eigenvalue weighted by molar-refractivity contribution is 0.109. The van der Waals surface area contributed by atoms with Crippen molar-refractivity contribution in [1.82, 2.24) is 25.3 Å². The van der Waals surface area contributed by atoms with E-state index >= 15 is 0 Å². The number of anilines is 1. The zero-order chi connectivity index (χ0) is 23.8. The summed E-state index contributed by atoms with van der Waals surface area (Å²) < 4.78 is 10.3. The van der Waals surface area contributed by atoms with Crippen molar-refractivity contribution >= 4 is 63.8 Å². The summed E-state index contributed by atoms with van der Waals surface area (Å²) in [7, 11) is 0. The molecule has 0 unspecified atom stereocenters.